The summed E-state index contributed by atoms with van der Waals surface area (Å²) in [7, 11) is -3.66. The molecule has 0 saturated heterocycles. The maximum Gasteiger partial charge on any atom is 0.264 e. The number of nitrogens with zero attached hydrogens (tertiary/aromatic N) is 1. The third-order valence-electron chi connectivity index (χ3n) is 4.58. The standard InChI is InChI=1S/C20H19NO3S/c1-2-21(19-9-5-7-15-6-3-4-8-18(15)19)25(22,23)17-11-10-16-12-13-24-20(16)14-17/h3-11,14H,2,12-13H2,1H3. The second-order valence-electron chi connectivity index (χ2n) is 6.04. The lowest BCUT2D eigenvalue weighted by Gasteiger charge is -2.24. The minimum absolute atomic E-state index is 0.267. The van der Waals surface area contributed by atoms with Gasteiger partial charge in [-0.05, 0) is 30.0 Å². The van der Waals surface area contributed by atoms with Crippen molar-refractivity contribution in [3.8, 4) is 5.75 Å². The van der Waals surface area contributed by atoms with Crippen LogP contribution in [0.15, 0.2) is 65.6 Å². The van der Waals surface area contributed by atoms with Crippen molar-refractivity contribution in [2.45, 2.75) is 18.2 Å². The number of sulfonamides is 1. The number of ether oxygens (including phenoxy) is 1. The highest BCUT2D eigenvalue weighted by Gasteiger charge is 2.26. The first kappa shape index (κ1) is 16.0. The van der Waals surface area contributed by atoms with E-state index in [1.165, 1.54) is 4.31 Å². The summed E-state index contributed by atoms with van der Waals surface area (Å²) in [6.45, 7) is 2.82. The van der Waals surface area contributed by atoms with Gasteiger partial charge in [-0.3, -0.25) is 4.31 Å². The second-order valence-corrected chi connectivity index (χ2v) is 7.90. The number of rotatable bonds is 4. The van der Waals surface area contributed by atoms with Crippen LogP contribution in [0.5, 0.6) is 5.75 Å². The van der Waals surface area contributed by atoms with E-state index < -0.39 is 10.0 Å². The molecule has 0 bridgehead atoms. The lowest BCUT2D eigenvalue weighted by Crippen LogP contribution is -2.31. The minimum atomic E-state index is -3.66. The predicted octanol–water partition coefficient (Wildman–Crippen LogP) is 3.99. The van der Waals surface area contributed by atoms with Gasteiger partial charge in [0.1, 0.15) is 5.75 Å². The van der Waals surface area contributed by atoms with Gasteiger partial charge in [-0.1, -0.05) is 42.5 Å². The fraction of sp³-hybridized carbons (Fsp3) is 0.200. The molecule has 0 saturated carbocycles. The van der Waals surface area contributed by atoms with Crippen LogP contribution in [0.3, 0.4) is 0 Å². The van der Waals surface area contributed by atoms with Crippen LogP contribution in [0, 0.1) is 0 Å². The van der Waals surface area contributed by atoms with Crippen molar-refractivity contribution >= 4 is 26.5 Å². The van der Waals surface area contributed by atoms with E-state index in [1.807, 2.05) is 55.5 Å². The minimum Gasteiger partial charge on any atom is -0.493 e. The van der Waals surface area contributed by atoms with Crippen LogP contribution in [0.1, 0.15) is 12.5 Å². The zero-order valence-electron chi connectivity index (χ0n) is 14.0. The summed E-state index contributed by atoms with van der Waals surface area (Å²) in [4.78, 5) is 0.267. The normalized spacial score (nSPS) is 13.5. The molecular formula is C20H19NO3S. The first-order valence-corrected chi connectivity index (χ1v) is 9.81. The summed E-state index contributed by atoms with van der Waals surface area (Å²) in [5, 5.41) is 1.94. The van der Waals surface area contributed by atoms with Gasteiger partial charge in [0, 0.05) is 24.4 Å². The van der Waals surface area contributed by atoms with Crippen LogP contribution in [-0.4, -0.2) is 21.6 Å². The molecule has 25 heavy (non-hydrogen) atoms. The van der Waals surface area contributed by atoms with Gasteiger partial charge in [0.15, 0.2) is 0 Å². The lowest BCUT2D eigenvalue weighted by atomic mass is 10.1. The van der Waals surface area contributed by atoms with Gasteiger partial charge in [-0.2, -0.15) is 0 Å². The van der Waals surface area contributed by atoms with Gasteiger partial charge in [-0.25, -0.2) is 8.42 Å². The maximum atomic E-state index is 13.3. The molecule has 0 radical (unpaired) electrons. The zero-order chi connectivity index (χ0) is 17.4. The van der Waals surface area contributed by atoms with Gasteiger partial charge < -0.3 is 4.74 Å². The van der Waals surface area contributed by atoms with Crippen LogP contribution in [0.2, 0.25) is 0 Å². The molecule has 0 unspecified atom stereocenters. The fourth-order valence-electron chi connectivity index (χ4n) is 3.33. The Balaban J connectivity index is 1.85. The van der Waals surface area contributed by atoms with Gasteiger partial charge in [0.2, 0.25) is 0 Å². The van der Waals surface area contributed by atoms with Crippen LogP contribution in [0.4, 0.5) is 5.69 Å². The van der Waals surface area contributed by atoms with Crippen molar-refractivity contribution in [2.75, 3.05) is 17.5 Å². The van der Waals surface area contributed by atoms with Gasteiger partial charge in [0.25, 0.3) is 10.0 Å². The molecular weight excluding hydrogens is 334 g/mol. The molecule has 1 heterocycles. The van der Waals surface area contributed by atoms with Crippen LogP contribution in [0.25, 0.3) is 10.8 Å². The van der Waals surface area contributed by atoms with Gasteiger partial charge >= 0.3 is 0 Å². The highest BCUT2D eigenvalue weighted by atomic mass is 32.2. The molecule has 0 spiro atoms. The Morgan fingerprint density at radius 2 is 1.84 bits per heavy atom. The number of anilines is 1. The Morgan fingerprint density at radius 3 is 2.68 bits per heavy atom. The van der Waals surface area contributed by atoms with Crippen molar-refractivity contribution in [2.24, 2.45) is 0 Å². The summed E-state index contributed by atoms with van der Waals surface area (Å²) < 4.78 is 33.6. The van der Waals surface area contributed by atoms with Crippen molar-refractivity contribution in [1.82, 2.24) is 0 Å². The third-order valence-corrected chi connectivity index (χ3v) is 6.46. The predicted molar refractivity (Wildman–Crippen MR) is 99.8 cm³/mol. The van der Waals surface area contributed by atoms with Crippen molar-refractivity contribution in [1.29, 1.82) is 0 Å². The van der Waals surface area contributed by atoms with Crippen molar-refractivity contribution in [3.05, 3.63) is 66.2 Å². The highest BCUT2D eigenvalue weighted by Crippen LogP contribution is 2.33. The van der Waals surface area contributed by atoms with Crippen molar-refractivity contribution in [3.63, 3.8) is 0 Å². The molecule has 4 nitrogen and oxygen atoms in total. The molecule has 128 valence electrons. The molecule has 5 heteroatoms. The van der Waals surface area contributed by atoms with Gasteiger partial charge in [0.05, 0.1) is 17.2 Å². The molecule has 1 aliphatic rings. The Labute approximate surface area is 147 Å². The molecule has 0 N–H and O–H groups in total. The maximum absolute atomic E-state index is 13.3. The summed E-state index contributed by atoms with van der Waals surface area (Å²) in [5.74, 6) is 0.676. The summed E-state index contributed by atoms with van der Waals surface area (Å²) in [5.41, 5.74) is 1.76. The van der Waals surface area contributed by atoms with E-state index in [0.717, 1.165) is 22.8 Å². The largest absolute Gasteiger partial charge is 0.493 e. The van der Waals surface area contributed by atoms with E-state index in [9.17, 15) is 8.42 Å². The molecule has 0 atom stereocenters. The van der Waals surface area contributed by atoms with Crippen LogP contribution in [-0.2, 0) is 16.4 Å². The highest BCUT2D eigenvalue weighted by molar-refractivity contribution is 7.92. The van der Waals surface area contributed by atoms with E-state index in [4.69, 9.17) is 4.74 Å². The summed E-state index contributed by atoms with van der Waals surface area (Å²) in [6.07, 6.45) is 0.830. The van der Waals surface area contributed by atoms with E-state index in [0.29, 0.717) is 24.6 Å². The number of benzene rings is 3. The number of hydrogen-bond acceptors (Lipinski definition) is 3. The van der Waals surface area contributed by atoms with E-state index in [1.54, 1.807) is 12.1 Å². The van der Waals surface area contributed by atoms with Crippen LogP contribution >= 0.6 is 0 Å². The Bertz CT molecular complexity index is 1040. The SMILES string of the molecule is CCN(c1cccc2ccccc12)S(=O)(=O)c1ccc2c(c1)OCC2. The van der Waals surface area contributed by atoms with E-state index in [-0.39, 0.29) is 4.90 Å². The summed E-state index contributed by atoms with van der Waals surface area (Å²) >= 11 is 0. The quantitative estimate of drug-likeness (QED) is 0.712. The average molecular weight is 353 g/mol. The molecule has 0 aliphatic carbocycles. The smallest absolute Gasteiger partial charge is 0.264 e. The van der Waals surface area contributed by atoms with Crippen molar-refractivity contribution < 1.29 is 13.2 Å². The molecule has 4 rings (SSSR count). The molecule has 0 fully saturated rings. The van der Waals surface area contributed by atoms with Gasteiger partial charge in [-0.15, -0.1) is 0 Å². The zero-order valence-corrected chi connectivity index (χ0v) is 14.8. The first-order valence-electron chi connectivity index (χ1n) is 8.37. The van der Waals surface area contributed by atoms with E-state index >= 15 is 0 Å². The number of fused-ring (bicyclic) bond motifs is 2. The van der Waals surface area contributed by atoms with Crippen LogP contribution < -0.4 is 9.04 Å². The average Bonchev–Trinajstić information content (AvgIpc) is 3.10. The molecule has 1 aliphatic heterocycles. The molecule has 3 aromatic carbocycles. The Kier molecular flexibility index (Phi) is 3.88. The molecule has 0 aromatic heterocycles. The molecule has 0 amide bonds. The monoisotopic (exact) mass is 353 g/mol. The lowest BCUT2D eigenvalue weighted by molar-refractivity contribution is 0.356. The second kappa shape index (κ2) is 6.08. The first-order chi connectivity index (χ1) is 12.1. The topological polar surface area (TPSA) is 46.6 Å². The summed E-state index contributed by atoms with van der Waals surface area (Å²) in [6, 6.07) is 18.7. The Hall–Kier alpha value is -2.53. The molecule has 3 aromatic rings. The third kappa shape index (κ3) is 2.65. The number of hydrogen-bond donors (Lipinski definition) is 0. The van der Waals surface area contributed by atoms with E-state index in [2.05, 4.69) is 0 Å². The fourth-order valence-corrected chi connectivity index (χ4v) is 4.84. The Morgan fingerprint density at radius 1 is 1.04 bits per heavy atom.